The van der Waals surface area contributed by atoms with Gasteiger partial charge in [0.2, 0.25) is 0 Å². The molecule has 17 heavy (non-hydrogen) atoms. The first-order valence-corrected chi connectivity index (χ1v) is 6.16. The van der Waals surface area contributed by atoms with Crippen molar-refractivity contribution in [2.24, 2.45) is 0 Å². The molecule has 2 heteroatoms. The predicted molar refractivity (Wildman–Crippen MR) is 70.6 cm³/mol. The fraction of sp³-hybridized carbons (Fsp3) is 0.333. The van der Waals surface area contributed by atoms with Crippen LogP contribution in [0.1, 0.15) is 26.2 Å². The van der Waals surface area contributed by atoms with E-state index in [0.717, 1.165) is 23.6 Å². The van der Waals surface area contributed by atoms with Gasteiger partial charge in [-0.1, -0.05) is 50.1 Å². The van der Waals surface area contributed by atoms with Gasteiger partial charge >= 0.3 is 0 Å². The minimum Gasteiger partial charge on any atom is -0.504 e. The number of aromatic hydroxyl groups is 1. The maximum Gasteiger partial charge on any atom is 0.165 e. The minimum atomic E-state index is 0.250. The zero-order valence-electron chi connectivity index (χ0n) is 10.1. The molecule has 0 aliphatic carbocycles. The molecule has 2 nitrogen and oxygen atoms in total. The summed E-state index contributed by atoms with van der Waals surface area (Å²) >= 11 is 0. The molecule has 0 atom stereocenters. The van der Waals surface area contributed by atoms with Crippen LogP contribution in [0.4, 0.5) is 0 Å². The number of phenolic OH excluding ortho intramolecular Hbond substituents is 1. The molecule has 0 aromatic heterocycles. The molecule has 2 rings (SSSR count). The van der Waals surface area contributed by atoms with E-state index in [4.69, 9.17) is 4.74 Å². The SMILES string of the molecule is CCCCCOc1ccc2ccccc2c1O. The Morgan fingerprint density at radius 3 is 2.71 bits per heavy atom. The van der Waals surface area contributed by atoms with Crippen molar-refractivity contribution in [1.82, 2.24) is 0 Å². The Hall–Kier alpha value is -1.70. The van der Waals surface area contributed by atoms with Crippen LogP contribution >= 0.6 is 0 Å². The third kappa shape index (κ3) is 2.70. The molecule has 0 spiro atoms. The smallest absolute Gasteiger partial charge is 0.165 e. The van der Waals surface area contributed by atoms with Gasteiger partial charge in [0.15, 0.2) is 11.5 Å². The Labute approximate surface area is 102 Å². The molecule has 1 N–H and O–H groups in total. The molecular weight excluding hydrogens is 212 g/mol. The van der Waals surface area contributed by atoms with Crippen LogP contribution in [0.3, 0.4) is 0 Å². The molecule has 0 aliphatic rings. The topological polar surface area (TPSA) is 29.5 Å². The van der Waals surface area contributed by atoms with E-state index in [2.05, 4.69) is 6.92 Å². The second-order valence-corrected chi connectivity index (χ2v) is 4.19. The summed E-state index contributed by atoms with van der Waals surface area (Å²) < 4.78 is 5.60. The molecule has 90 valence electrons. The number of unbranched alkanes of at least 4 members (excludes halogenated alkanes) is 2. The molecule has 2 aromatic carbocycles. The molecule has 0 heterocycles. The lowest BCUT2D eigenvalue weighted by Crippen LogP contribution is -1.97. The van der Waals surface area contributed by atoms with Gasteiger partial charge in [0.25, 0.3) is 0 Å². The van der Waals surface area contributed by atoms with Crippen molar-refractivity contribution in [3.63, 3.8) is 0 Å². The number of hydrogen-bond acceptors (Lipinski definition) is 2. The average Bonchev–Trinajstić information content (AvgIpc) is 2.37. The van der Waals surface area contributed by atoms with Crippen molar-refractivity contribution < 1.29 is 9.84 Å². The Morgan fingerprint density at radius 2 is 1.88 bits per heavy atom. The molecule has 0 bridgehead atoms. The van der Waals surface area contributed by atoms with E-state index in [1.165, 1.54) is 6.42 Å². The standard InChI is InChI=1S/C15H18O2/c1-2-3-6-11-17-14-10-9-12-7-4-5-8-13(12)15(14)16/h4-5,7-10,16H,2-3,6,11H2,1H3. The van der Waals surface area contributed by atoms with E-state index < -0.39 is 0 Å². The molecule has 0 amide bonds. The van der Waals surface area contributed by atoms with Crippen LogP contribution in [0, 0.1) is 0 Å². The van der Waals surface area contributed by atoms with Gasteiger partial charge in [0, 0.05) is 5.39 Å². The first-order chi connectivity index (χ1) is 8.33. The molecule has 0 radical (unpaired) electrons. The highest BCUT2D eigenvalue weighted by Gasteiger charge is 2.06. The highest BCUT2D eigenvalue weighted by Crippen LogP contribution is 2.34. The van der Waals surface area contributed by atoms with Gasteiger partial charge in [0.05, 0.1) is 6.61 Å². The zero-order valence-corrected chi connectivity index (χ0v) is 10.1. The Bertz CT molecular complexity index is 491. The van der Waals surface area contributed by atoms with Gasteiger partial charge in [-0.2, -0.15) is 0 Å². The summed E-state index contributed by atoms with van der Waals surface area (Å²) in [6.07, 6.45) is 3.37. The van der Waals surface area contributed by atoms with Gasteiger partial charge in [-0.3, -0.25) is 0 Å². The number of phenols is 1. The Morgan fingerprint density at radius 1 is 1.06 bits per heavy atom. The zero-order chi connectivity index (χ0) is 12.1. The third-order valence-corrected chi connectivity index (χ3v) is 2.87. The fourth-order valence-corrected chi connectivity index (χ4v) is 1.89. The maximum atomic E-state index is 10.1. The van der Waals surface area contributed by atoms with Gasteiger partial charge < -0.3 is 9.84 Å². The van der Waals surface area contributed by atoms with Crippen molar-refractivity contribution in [3.8, 4) is 11.5 Å². The first-order valence-electron chi connectivity index (χ1n) is 6.16. The fourth-order valence-electron chi connectivity index (χ4n) is 1.89. The lowest BCUT2D eigenvalue weighted by Gasteiger charge is -2.09. The summed E-state index contributed by atoms with van der Waals surface area (Å²) in [5.41, 5.74) is 0. The second kappa shape index (κ2) is 5.58. The van der Waals surface area contributed by atoms with Crippen molar-refractivity contribution in [1.29, 1.82) is 0 Å². The van der Waals surface area contributed by atoms with Gasteiger partial charge in [-0.25, -0.2) is 0 Å². The first kappa shape index (κ1) is 11.8. The normalized spacial score (nSPS) is 10.6. The lowest BCUT2D eigenvalue weighted by molar-refractivity contribution is 0.291. The summed E-state index contributed by atoms with van der Waals surface area (Å²) in [4.78, 5) is 0. The van der Waals surface area contributed by atoms with Crippen LogP contribution in [0.25, 0.3) is 10.8 Å². The van der Waals surface area contributed by atoms with E-state index in [0.29, 0.717) is 12.4 Å². The van der Waals surface area contributed by atoms with Crippen molar-refractivity contribution >= 4 is 10.8 Å². The quantitative estimate of drug-likeness (QED) is 0.783. The number of rotatable bonds is 5. The van der Waals surface area contributed by atoms with Gasteiger partial charge in [-0.15, -0.1) is 0 Å². The monoisotopic (exact) mass is 230 g/mol. The second-order valence-electron chi connectivity index (χ2n) is 4.19. The summed E-state index contributed by atoms with van der Waals surface area (Å²) in [6.45, 7) is 2.83. The number of fused-ring (bicyclic) bond motifs is 1. The molecule has 0 saturated carbocycles. The van der Waals surface area contributed by atoms with E-state index in [1.807, 2.05) is 36.4 Å². The highest BCUT2D eigenvalue weighted by molar-refractivity contribution is 5.90. The van der Waals surface area contributed by atoms with Crippen LogP contribution in [0.5, 0.6) is 11.5 Å². The number of benzene rings is 2. The summed E-state index contributed by atoms with van der Waals surface area (Å²) in [6, 6.07) is 11.6. The summed E-state index contributed by atoms with van der Waals surface area (Å²) in [7, 11) is 0. The molecule has 0 aliphatic heterocycles. The summed E-state index contributed by atoms with van der Waals surface area (Å²) in [5.74, 6) is 0.833. The van der Waals surface area contributed by atoms with Crippen LogP contribution < -0.4 is 4.74 Å². The van der Waals surface area contributed by atoms with Crippen LogP contribution in [-0.2, 0) is 0 Å². The number of ether oxygens (including phenoxy) is 1. The van der Waals surface area contributed by atoms with Crippen LogP contribution in [0.2, 0.25) is 0 Å². The van der Waals surface area contributed by atoms with E-state index >= 15 is 0 Å². The minimum absolute atomic E-state index is 0.250. The molecule has 0 unspecified atom stereocenters. The molecule has 0 saturated heterocycles. The third-order valence-electron chi connectivity index (χ3n) is 2.87. The van der Waals surface area contributed by atoms with Crippen LogP contribution in [-0.4, -0.2) is 11.7 Å². The maximum absolute atomic E-state index is 10.1. The highest BCUT2D eigenvalue weighted by atomic mass is 16.5. The lowest BCUT2D eigenvalue weighted by atomic mass is 10.1. The molecular formula is C15H18O2. The van der Waals surface area contributed by atoms with Crippen molar-refractivity contribution in [2.75, 3.05) is 6.61 Å². The van der Waals surface area contributed by atoms with Crippen LogP contribution in [0.15, 0.2) is 36.4 Å². The van der Waals surface area contributed by atoms with Gasteiger partial charge in [0.1, 0.15) is 0 Å². The van der Waals surface area contributed by atoms with E-state index in [9.17, 15) is 5.11 Å². The largest absolute Gasteiger partial charge is 0.504 e. The van der Waals surface area contributed by atoms with E-state index in [-0.39, 0.29) is 5.75 Å². The summed E-state index contributed by atoms with van der Waals surface area (Å²) in [5, 5.41) is 12.0. The number of hydrogen-bond donors (Lipinski definition) is 1. The van der Waals surface area contributed by atoms with Gasteiger partial charge in [-0.05, 0) is 17.9 Å². The molecule has 0 fully saturated rings. The van der Waals surface area contributed by atoms with E-state index in [1.54, 1.807) is 0 Å². The predicted octanol–water partition coefficient (Wildman–Crippen LogP) is 4.11. The Kier molecular flexibility index (Phi) is 3.86. The Balaban J connectivity index is 2.15. The van der Waals surface area contributed by atoms with Crippen molar-refractivity contribution in [2.45, 2.75) is 26.2 Å². The van der Waals surface area contributed by atoms with Crippen molar-refractivity contribution in [3.05, 3.63) is 36.4 Å². The molecule has 2 aromatic rings. The average molecular weight is 230 g/mol.